The summed E-state index contributed by atoms with van der Waals surface area (Å²) in [5.74, 6) is -0.475. The number of nitrogens with one attached hydrogen (secondary N) is 1. The first-order valence-corrected chi connectivity index (χ1v) is 7.14. The first-order valence-electron chi connectivity index (χ1n) is 7.14. The monoisotopic (exact) mass is 278 g/mol. The lowest BCUT2D eigenvalue weighted by Crippen LogP contribution is -2.46. The highest BCUT2D eigenvalue weighted by atomic mass is 16.1. The Morgan fingerprint density at radius 3 is 2.30 bits per heavy atom. The molecule has 0 saturated carbocycles. The van der Waals surface area contributed by atoms with Crippen LogP contribution in [-0.4, -0.2) is 43.0 Å². The lowest BCUT2D eigenvalue weighted by atomic mass is 10.0. The first-order chi connectivity index (χ1) is 9.60. The van der Waals surface area contributed by atoms with E-state index in [-0.39, 0.29) is 6.04 Å². The van der Waals surface area contributed by atoms with Crippen molar-refractivity contribution < 1.29 is 4.79 Å². The number of hydrogen-bond acceptors (Lipinski definition) is 4. The molecule has 1 aromatic rings. The van der Waals surface area contributed by atoms with Gasteiger partial charge in [0.2, 0.25) is 5.91 Å². The fourth-order valence-electron chi connectivity index (χ4n) is 2.27. The average Bonchev–Trinajstić information content (AvgIpc) is 2.47. The van der Waals surface area contributed by atoms with Crippen molar-refractivity contribution in [3.05, 3.63) is 35.9 Å². The second-order valence-corrected chi connectivity index (χ2v) is 4.81. The summed E-state index contributed by atoms with van der Waals surface area (Å²) in [6.45, 7) is 7.38. The zero-order chi connectivity index (χ0) is 15.0. The summed E-state index contributed by atoms with van der Waals surface area (Å²) in [6, 6.07) is 9.98. The van der Waals surface area contributed by atoms with Crippen molar-refractivity contribution in [1.82, 2.24) is 10.2 Å². The molecule has 1 rings (SSSR count). The maximum atomic E-state index is 10.9. The lowest BCUT2D eigenvalue weighted by Gasteiger charge is -2.30. The third-order valence-corrected chi connectivity index (χ3v) is 3.50. The molecular formula is C15H26N4O. The van der Waals surface area contributed by atoms with Crippen molar-refractivity contribution in [2.45, 2.75) is 25.9 Å². The third-order valence-electron chi connectivity index (χ3n) is 3.50. The van der Waals surface area contributed by atoms with Gasteiger partial charge in [0, 0.05) is 19.1 Å². The largest absolute Gasteiger partial charge is 0.368 e. The van der Waals surface area contributed by atoms with Gasteiger partial charge in [0.1, 0.15) is 0 Å². The number of carbonyl (C=O) groups is 1. The Labute approximate surface area is 121 Å². The number of nitrogens with two attached hydrogens (primary N) is 2. The molecule has 0 aliphatic heterocycles. The van der Waals surface area contributed by atoms with Crippen LogP contribution in [0, 0.1) is 0 Å². The summed E-state index contributed by atoms with van der Waals surface area (Å²) in [4.78, 5) is 13.3. The van der Waals surface area contributed by atoms with Gasteiger partial charge in [-0.25, -0.2) is 0 Å². The van der Waals surface area contributed by atoms with Gasteiger partial charge in [-0.3, -0.25) is 9.69 Å². The van der Waals surface area contributed by atoms with Crippen LogP contribution in [-0.2, 0) is 4.79 Å². The Bertz CT molecular complexity index is 392. The normalized spacial score (nSPS) is 14.2. The highest BCUT2D eigenvalue weighted by Gasteiger charge is 2.18. The van der Waals surface area contributed by atoms with E-state index in [1.54, 1.807) is 0 Å². The zero-order valence-corrected chi connectivity index (χ0v) is 12.4. The number of carbonyl (C=O) groups excluding carboxylic acids is 1. The van der Waals surface area contributed by atoms with Crippen LogP contribution in [0.2, 0.25) is 0 Å². The smallest absolute Gasteiger partial charge is 0.235 e. The third kappa shape index (κ3) is 4.92. The van der Waals surface area contributed by atoms with Crippen LogP contribution in [0.1, 0.15) is 25.5 Å². The van der Waals surface area contributed by atoms with E-state index in [4.69, 9.17) is 11.5 Å². The SMILES string of the molecule is CCN(CC)C(CNCC(N)C(N)=O)c1ccccc1. The van der Waals surface area contributed by atoms with E-state index in [0.29, 0.717) is 6.54 Å². The van der Waals surface area contributed by atoms with Gasteiger partial charge in [0.25, 0.3) is 0 Å². The van der Waals surface area contributed by atoms with Crippen LogP contribution in [0.4, 0.5) is 0 Å². The zero-order valence-electron chi connectivity index (χ0n) is 12.4. The quantitative estimate of drug-likeness (QED) is 0.613. The molecule has 5 nitrogen and oxygen atoms in total. The van der Waals surface area contributed by atoms with Crippen LogP contribution in [0.15, 0.2) is 30.3 Å². The Balaban J connectivity index is 2.67. The summed E-state index contributed by atoms with van der Waals surface area (Å²) >= 11 is 0. The van der Waals surface area contributed by atoms with E-state index in [0.717, 1.165) is 19.6 Å². The van der Waals surface area contributed by atoms with Crippen molar-refractivity contribution in [2.24, 2.45) is 11.5 Å². The van der Waals surface area contributed by atoms with Gasteiger partial charge in [-0.15, -0.1) is 0 Å². The molecule has 2 atom stereocenters. The van der Waals surface area contributed by atoms with E-state index >= 15 is 0 Å². The van der Waals surface area contributed by atoms with Crippen molar-refractivity contribution in [3.63, 3.8) is 0 Å². The summed E-state index contributed by atoms with van der Waals surface area (Å²) in [7, 11) is 0. The van der Waals surface area contributed by atoms with Crippen LogP contribution >= 0.6 is 0 Å². The van der Waals surface area contributed by atoms with Crippen LogP contribution in [0.25, 0.3) is 0 Å². The Morgan fingerprint density at radius 2 is 1.80 bits per heavy atom. The van der Waals surface area contributed by atoms with Gasteiger partial charge in [-0.1, -0.05) is 44.2 Å². The van der Waals surface area contributed by atoms with Crippen molar-refractivity contribution in [1.29, 1.82) is 0 Å². The predicted molar refractivity (Wildman–Crippen MR) is 82.1 cm³/mol. The molecule has 5 N–H and O–H groups in total. The molecule has 0 fully saturated rings. The molecule has 0 spiro atoms. The minimum atomic E-state index is -0.636. The van der Waals surface area contributed by atoms with Gasteiger partial charge in [-0.2, -0.15) is 0 Å². The Morgan fingerprint density at radius 1 is 1.20 bits per heavy atom. The van der Waals surface area contributed by atoms with E-state index in [1.165, 1.54) is 5.56 Å². The fraction of sp³-hybridized carbons (Fsp3) is 0.533. The molecule has 20 heavy (non-hydrogen) atoms. The van der Waals surface area contributed by atoms with Crippen LogP contribution < -0.4 is 16.8 Å². The van der Waals surface area contributed by atoms with E-state index in [2.05, 4.69) is 36.2 Å². The van der Waals surface area contributed by atoms with Crippen molar-refractivity contribution in [3.8, 4) is 0 Å². The Kier molecular flexibility index (Phi) is 7.22. The second-order valence-electron chi connectivity index (χ2n) is 4.81. The standard InChI is InChI=1S/C15H26N4O/c1-3-19(4-2)14(12-8-6-5-7-9-12)11-18-10-13(16)15(17)20/h5-9,13-14,18H,3-4,10-11,16H2,1-2H3,(H2,17,20). The van der Waals surface area contributed by atoms with Gasteiger partial charge in [-0.05, 0) is 18.7 Å². The summed E-state index contributed by atoms with van der Waals surface area (Å²) < 4.78 is 0. The van der Waals surface area contributed by atoms with Gasteiger partial charge in [0.05, 0.1) is 6.04 Å². The molecule has 112 valence electrons. The average molecular weight is 278 g/mol. The topological polar surface area (TPSA) is 84.4 Å². The van der Waals surface area contributed by atoms with E-state index in [1.807, 2.05) is 18.2 Å². The number of likely N-dealkylation sites (N-methyl/N-ethyl adjacent to an activating group) is 1. The molecule has 0 heterocycles. The van der Waals surface area contributed by atoms with Crippen molar-refractivity contribution in [2.75, 3.05) is 26.2 Å². The summed E-state index contributed by atoms with van der Waals surface area (Å²) in [6.07, 6.45) is 0. The molecule has 2 unspecified atom stereocenters. The van der Waals surface area contributed by atoms with Crippen LogP contribution in [0.5, 0.6) is 0 Å². The van der Waals surface area contributed by atoms with Crippen LogP contribution in [0.3, 0.4) is 0 Å². The highest BCUT2D eigenvalue weighted by Crippen LogP contribution is 2.19. The predicted octanol–water partition coefficient (Wildman–Crippen LogP) is 0.472. The maximum Gasteiger partial charge on any atom is 0.235 e. The van der Waals surface area contributed by atoms with Crippen molar-refractivity contribution >= 4 is 5.91 Å². The number of nitrogens with zero attached hydrogens (tertiary/aromatic N) is 1. The van der Waals surface area contributed by atoms with Gasteiger partial charge < -0.3 is 16.8 Å². The molecule has 0 radical (unpaired) electrons. The van der Waals surface area contributed by atoms with Gasteiger partial charge >= 0.3 is 0 Å². The lowest BCUT2D eigenvalue weighted by molar-refractivity contribution is -0.119. The molecule has 0 aliphatic carbocycles. The van der Waals surface area contributed by atoms with E-state index in [9.17, 15) is 4.79 Å². The molecule has 0 aliphatic rings. The molecule has 5 heteroatoms. The van der Waals surface area contributed by atoms with Gasteiger partial charge in [0.15, 0.2) is 0 Å². The number of amides is 1. The molecule has 0 bridgehead atoms. The number of hydrogen-bond donors (Lipinski definition) is 3. The fourth-order valence-corrected chi connectivity index (χ4v) is 2.27. The summed E-state index contributed by atoms with van der Waals surface area (Å²) in [5, 5.41) is 3.25. The minimum absolute atomic E-state index is 0.270. The highest BCUT2D eigenvalue weighted by molar-refractivity contribution is 5.79. The van der Waals surface area contributed by atoms with E-state index < -0.39 is 11.9 Å². The molecule has 0 aromatic heterocycles. The number of rotatable bonds is 9. The Hall–Kier alpha value is -1.43. The summed E-state index contributed by atoms with van der Waals surface area (Å²) in [5.41, 5.74) is 12.1. The number of primary amides is 1. The molecule has 1 amide bonds. The second kappa shape index (κ2) is 8.68. The maximum absolute atomic E-state index is 10.9. The number of benzene rings is 1. The molecule has 1 aromatic carbocycles. The first kappa shape index (κ1) is 16.6. The minimum Gasteiger partial charge on any atom is -0.368 e. The molecule has 0 saturated heterocycles. The molecular weight excluding hydrogens is 252 g/mol.